The maximum absolute atomic E-state index is 13.9. The summed E-state index contributed by atoms with van der Waals surface area (Å²) in [6.45, 7) is 0. The fourth-order valence-electron chi connectivity index (χ4n) is 2.73. The third-order valence-corrected chi connectivity index (χ3v) is 4.23. The van der Waals surface area contributed by atoms with E-state index < -0.39 is 0 Å². The van der Waals surface area contributed by atoms with Crippen LogP contribution < -0.4 is 5.32 Å². The minimum absolute atomic E-state index is 0.252. The smallest absolute Gasteiger partial charge is 0.149 e. The predicted molar refractivity (Wildman–Crippen MR) is 75.6 cm³/mol. The van der Waals surface area contributed by atoms with Crippen molar-refractivity contribution in [2.45, 2.75) is 25.7 Å². The van der Waals surface area contributed by atoms with Crippen molar-refractivity contribution in [3.8, 4) is 0 Å². The average Bonchev–Trinajstić information content (AvgIpc) is 2.41. The summed E-state index contributed by atoms with van der Waals surface area (Å²) in [7, 11) is 1.89. The summed E-state index contributed by atoms with van der Waals surface area (Å²) >= 11 is 3.50. The van der Waals surface area contributed by atoms with Gasteiger partial charge in [-0.25, -0.2) is 9.37 Å². The Hall–Kier alpha value is -1.16. The highest BCUT2D eigenvalue weighted by Crippen LogP contribution is 2.37. The van der Waals surface area contributed by atoms with Crippen molar-refractivity contribution in [1.29, 1.82) is 0 Å². The molecule has 1 aromatic carbocycles. The molecule has 1 heterocycles. The van der Waals surface area contributed by atoms with Crippen LogP contribution >= 0.6 is 15.9 Å². The van der Waals surface area contributed by atoms with Crippen LogP contribution in [0.3, 0.4) is 0 Å². The predicted octanol–water partition coefficient (Wildman–Crippen LogP) is 4.06. The number of aryl methyl sites for hydroxylation is 1. The molecular formula is C14H14BrFN2. The summed E-state index contributed by atoms with van der Waals surface area (Å²) in [5.74, 6) is -0.252. The highest BCUT2D eigenvalue weighted by molar-refractivity contribution is 9.10. The Labute approximate surface area is 114 Å². The van der Waals surface area contributed by atoms with E-state index in [2.05, 4.69) is 26.2 Å². The fraction of sp³-hybridized carbons (Fsp3) is 0.357. The molecule has 1 aliphatic carbocycles. The molecule has 0 unspecified atom stereocenters. The van der Waals surface area contributed by atoms with Gasteiger partial charge in [0.1, 0.15) is 11.3 Å². The zero-order chi connectivity index (χ0) is 12.7. The van der Waals surface area contributed by atoms with Crippen LogP contribution in [0.15, 0.2) is 16.6 Å². The number of rotatable bonds is 1. The number of nitrogens with one attached hydrogen (secondary N) is 1. The van der Waals surface area contributed by atoms with E-state index in [-0.39, 0.29) is 5.82 Å². The van der Waals surface area contributed by atoms with E-state index in [1.807, 2.05) is 7.05 Å². The van der Waals surface area contributed by atoms with Crippen molar-refractivity contribution in [3.05, 3.63) is 33.7 Å². The van der Waals surface area contributed by atoms with Gasteiger partial charge in [0.05, 0.1) is 0 Å². The molecule has 0 bridgehead atoms. The molecule has 1 aliphatic rings. The number of halogens is 2. The summed E-state index contributed by atoms with van der Waals surface area (Å²) < 4.78 is 14.8. The van der Waals surface area contributed by atoms with Crippen molar-refractivity contribution in [3.63, 3.8) is 0 Å². The molecule has 1 aromatic heterocycles. The van der Waals surface area contributed by atoms with Crippen molar-refractivity contribution < 1.29 is 4.39 Å². The van der Waals surface area contributed by atoms with Gasteiger partial charge in [-0.3, -0.25) is 0 Å². The van der Waals surface area contributed by atoms with Gasteiger partial charge in [-0.15, -0.1) is 0 Å². The molecule has 0 amide bonds. The molecule has 1 N–H and O–H groups in total. The first-order chi connectivity index (χ1) is 8.72. The molecule has 2 aromatic rings. The highest BCUT2D eigenvalue weighted by atomic mass is 79.9. The number of nitrogens with zero attached hydrogens (tertiary/aromatic N) is 1. The monoisotopic (exact) mass is 308 g/mol. The second-order valence-corrected chi connectivity index (χ2v) is 5.48. The van der Waals surface area contributed by atoms with Crippen molar-refractivity contribution in [2.24, 2.45) is 0 Å². The van der Waals surface area contributed by atoms with Gasteiger partial charge in [-0.05, 0) is 43.4 Å². The second-order valence-electron chi connectivity index (χ2n) is 4.62. The van der Waals surface area contributed by atoms with Crippen LogP contribution in [0.2, 0.25) is 0 Å². The van der Waals surface area contributed by atoms with Crippen LogP contribution in [0.4, 0.5) is 10.1 Å². The summed E-state index contributed by atoms with van der Waals surface area (Å²) in [5.41, 5.74) is 3.80. The Balaban J connectivity index is 2.44. The lowest BCUT2D eigenvalue weighted by Crippen LogP contribution is -2.10. The van der Waals surface area contributed by atoms with Gasteiger partial charge in [0, 0.05) is 28.3 Å². The van der Waals surface area contributed by atoms with E-state index in [9.17, 15) is 4.39 Å². The number of aromatic nitrogens is 1. The third-order valence-electron chi connectivity index (χ3n) is 3.57. The molecule has 0 aliphatic heterocycles. The summed E-state index contributed by atoms with van der Waals surface area (Å²) in [4.78, 5) is 4.54. The van der Waals surface area contributed by atoms with Crippen LogP contribution in [0, 0.1) is 5.82 Å². The van der Waals surface area contributed by atoms with Gasteiger partial charge in [0.15, 0.2) is 0 Å². The van der Waals surface area contributed by atoms with Crippen molar-refractivity contribution >= 4 is 32.5 Å². The van der Waals surface area contributed by atoms with E-state index >= 15 is 0 Å². The van der Waals surface area contributed by atoms with Gasteiger partial charge in [0.2, 0.25) is 0 Å². The highest BCUT2D eigenvalue weighted by Gasteiger charge is 2.20. The number of hydrogen-bond donors (Lipinski definition) is 1. The quantitative estimate of drug-likeness (QED) is 0.859. The van der Waals surface area contributed by atoms with Gasteiger partial charge in [-0.2, -0.15) is 0 Å². The van der Waals surface area contributed by atoms with E-state index in [0.717, 1.165) is 40.5 Å². The second kappa shape index (κ2) is 4.50. The summed E-state index contributed by atoms with van der Waals surface area (Å²) in [5, 5.41) is 4.09. The Morgan fingerprint density at radius 2 is 2.06 bits per heavy atom. The van der Waals surface area contributed by atoms with Crippen LogP contribution in [0.25, 0.3) is 10.9 Å². The van der Waals surface area contributed by atoms with Gasteiger partial charge >= 0.3 is 0 Å². The maximum atomic E-state index is 13.9. The first kappa shape index (κ1) is 11.9. The minimum atomic E-state index is -0.252. The molecule has 18 heavy (non-hydrogen) atoms. The van der Waals surface area contributed by atoms with E-state index in [0.29, 0.717) is 5.52 Å². The number of benzene rings is 1. The SMILES string of the molecule is CNc1c2c(nc3c(F)ccc(Br)c13)CCCC2. The number of hydrogen-bond acceptors (Lipinski definition) is 2. The zero-order valence-corrected chi connectivity index (χ0v) is 11.8. The summed E-state index contributed by atoms with van der Waals surface area (Å²) in [6, 6.07) is 3.21. The minimum Gasteiger partial charge on any atom is -0.387 e. The lowest BCUT2D eigenvalue weighted by Gasteiger charge is -2.21. The normalized spacial score (nSPS) is 14.6. The van der Waals surface area contributed by atoms with Crippen LogP contribution in [-0.2, 0) is 12.8 Å². The molecule has 2 nitrogen and oxygen atoms in total. The number of pyridine rings is 1. The maximum Gasteiger partial charge on any atom is 0.149 e. The third kappa shape index (κ3) is 1.70. The molecule has 4 heteroatoms. The topological polar surface area (TPSA) is 24.9 Å². The van der Waals surface area contributed by atoms with Crippen molar-refractivity contribution in [2.75, 3.05) is 12.4 Å². The lowest BCUT2D eigenvalue weighted by molar-refractivity contribution is 0.632. The Bertz CT molecular complexity index is 625. The van der Waals surface area contributed by atoms with Gasteiger partial charge in [0.25, 0.3) is 0 Å². The molecule has 94 valence electrons. The van der Waals surface area contributed by atoms with Gasteiger partial charge < -0.3 is 5.32 Å². The molecule has 0 spiro atoms. The zero-order valence-electron chi connectivity index (χ0n) is 10.2. The van der Waals surface area contributed by atoms with Crippen LogP contribution in [0.5, 0.6) is 0 Å². The Kier molecular flexibility index (Phi) is 2.98. The van der Waals surface area contributed by atoms with E-state index in [1.165, 1.54) is 18.1 Å². The molecule has 0 saturated heterocycles. The summed E-state index contributed by atoms with van der Waals surface area (Å²) in [6.07, 6.45) is 4.30. The fourth-order valence-corrected chi connectivity index (χ4v) is 3.25. The molecule has 0 saturated carbocycles. The van der Waals surface area contributed by atoms with Crippen LogP contribution in [0.1, 0.15) is 24.1 Å². The molecule has 0 atom stereocenters. The average molecular weight is 309 g/mol. The molecule has 0 radical (unpaired) electrons. The Morgan fingerprint density at radius 1 is 1.28 bits per heavy atom. The first-order valence-electron chi connectivity index (χ1n) is 6.19. The first-order valence-corrected chi connectivity index (χ1v) is 6.99. The number of anilines is 1. The molecule has 0 fully saturated rings. The van der Waals surface area contributed by atoms with Gasteiger partial charge in [-0.1, -0.05) is 15.9 Å². The largest absolute Gasteiger partial charge is 0.387 e. The lowest BCUT2D eigenvalue weighted by atomic mass is 9.92. The Morgan fingerprint density at radius 3 is 2.83 bits per heavy atom. The van der Waals surface area contributed by atoms with E-state index in [1.54, 1.807) is 6.07 Å². The number of fused-ring (bicyclic) bond motifs is 2. The standard InChI is InChI=1S/C14H14BrFN2/c1-17-13-8-4-2-3-5-11(8)18-14-10(16)7-6-9(15)12(13)14/h6-7H,2-5H2,1H3,(H,17,18). The molecular weight excluding hydrogens is 295 g/mol. The van der Waals surface area contributed by atoms with E-state index in [4.69, 9.17) is 0 Å². The van der Waals surface area contributed by atoms with Crippen molar-refractivity contribution in [1.82, 2.24) is 4.98 Å². The molecule has 3 rings (SSSR count). The van der Waals surface area contributed by atoms with Crippen LogP contribution in [-0.4, -0.2) is 12.0 Å².